The zero-order valence-corrected chi connectivity index (χ0v) is 17.3. The van der Waals surface area contributed by atoms with Gasteiger partial charge in [0.25, 0.3) is 5.56 Å². The molecule has 1 aliphatic rings. The number of rotatable bonds is 6. The Morgan fingerprint density at radius 1 is 1.31 bits per heavy atom. The number of nitrogens with zero attached hydrogens (tertiary/aromatic N) is 4. The summed E-state index contributed by atoms with van der Waals surface area (Å²) in [4.78, 5) is 25.3. The largest absolute Gasteiger partial charge is 0.352 e. The number of thioether (sulfide) groups is 1. The van der Waals surface area contributed by atoms with Crippen molar-refractivity contribution in [3.05, 3.63) is 47.3 Å². The average Bonchev–Trinajstić information content (AvgIpc) is 3.15. The summed E-state index contributed by atoms with van der Waals surface area (Å²) in [5, 5.41) is 12.9. The Morgan fingerprint density at radius 2 is 2.10 bits per heavy atom. The fraction of sp³-hybridized carbons (Fsp3) is 0.429. The third-order valence-corrected chi connectivity index (χ3v) is 6.51. The lowest BCUT2D eigenvalue weighted by atomic mass is 9.86. The molecule has 1 amide bonds. The molecule has 0 unspecified atom stereocenters. The van der Waals surface area contributed by atoms with Gasteiger partial charge in [-0.25, -0.2) is 0 Å². The number of benzene rings is 1. The van der Waals surface area contributed by atoms with E-state index in [2.05, 4.69) is 29.0 Å². The van der Waals surface area contributed by atoms with Gasteiger partial charge in [0, 0.05) is 12.6 Å². The van der Waals surface area contributed by atoms with Gasteiger partial charge in [-0.3, -0.25) is 18.6 Å². The molecular formula is C21H25N5O2S. The molecule has 29 heavy (non-hydrogen) atoms. The topological polar surface area (TPSA) is 81.3 Å². The Kier molecular flexibility index (Phi) is 5.71. The number of fused-ring (bicyclic) bond motifs is 3. The molecule has 3 aromatic rings. The molecule has 0 spiro atoms. The molecule has 1 aliphatic carbocycles. The zero-order chi connectivity index (χ0) is 20.4. The molecule has 0 aliphatic heterocycles. The predicted octanol–water partition coefficient (Wildman–Crippen LogP) is 3.02. The summed E-state index contributed by atoms with van der Waals surface area (Å²) in [5.41, 5.74) is 0.614. The van der Waals surface area contributed by atoms with Crippen molar-refractivity contribution in [3.8, 4) is 0 Å². The lowest BCUT2D eigenvalue weighted by Crippen LogP contribution is -2.41. The number of hydrogen-bond donors (Lipinski definition) is 1. The van der Waals surface area contributed by atoms with Gasteiger partial charge in [0.2, 0.25) is 11.7 Å². The van der Waals surface area contributed by atoms with E-state index in [-0.39, 0.29) is 23.3 Å². The van der Waals surface area contributed by atoms with E-state index in [1.165, 1.54) is 31.0 Å². The van der Waals surface area contributed by atoms with E-state index in [1.54, 1.807) is 16.7 Å². The summed E-state index contributed by atoms with van der Waals surface area (Å²) in [6.45, 7) is 6.28. The van der Waals surface area contributed by atoms with Crippen LogP contribution in [0.1, 0.15) is 32.6 Å². The highest BCUT2D eigenvalue weighted by Gasteiger charge is 2.23. The number of carbonyl (C=O) groups is 1. The number of carbonyl (C=O) groups excluding carboxylic acids is 1. The van der Waals surface area contributed by atoms with E-state index in [1.807, 2.05) is 22.6 Å². The maximum Gasteiger partial charge on any atom is 0.263 e. The summed E-state index contributed by atoms with van der Waals surface area (Å²) < 4.78 is 3.40. The van der Waals surface area contributed by atoms with Crippen molar-refractivity contribution in [1.29, 1.82) is 0 Å². The van der Waals surface area contributed by atoms with Crippen molar-refractivity contribution < 1.29 is 4.79 Å². The van der Waals surface area contributed by atoms with E-state index in [9.17, 15) is 9.59 Å². The third kappa shape index (κ3) is 3.81. The molecule has 1 N–H and O–H groups in total. The van der Waals surface area contributed by atoms with Crippen LogP contribution in [-0.2, 0) is 11.3 Å². The maximum atomic E-state index is 12.8. The fourth-order valence-corrected chi connectivity index (χ4v) is 4.78. The molecule has 1 aromatic carbocycles. The minimum absolute atomic E-state index is 0.00854. The van der Waals surface area contributed by atoms with Crippen LogP contribution in [0.4, 0.5) is 0 Å². The molecule has 1 fully saturated rings. The van der Waals surface area contributed by atoms with Crippen LogP contribution in [0.3, 0.4) is 0 Å². The number of allylic oxidation sites excluding steroid dienone is 1. The average molecular weight is 412 g/mol. The minimum atomic E-state index is -0.124. The monoisotopic (exact) mass is 411 g/mol. The second-order valence-corrected chi connectivity index (χ2v) is 8.51. The van der Waals surface area contributed by atoms with Crippen LogP contribution in [-0.4, -0.2) is 36.9 Å². The first-order chi connectivity index (χ1) is 14.1. The number of aromatic nitrogens is 4. The lowest BCUT2D eigenvalue weighted by molar-refractivity contribution is -0.119. The number of amides is 1. The fourth-order valence-electron chi connectivity index (χ4n) is 4.03. The van der Waals surface area contributed by atoms with Gasteiger partial charge in [0.1, 0.15) is 0 Å². The van der Waals surface area contributed by atoms with E-state index in [4.69, 9.17) is 0 Å². The predicted molar refractivity (Wildman–Crippen MR) is 115 cm³/mol. The van der Waals surface area contributed by atoms with Crippen LogP contribution in [0, 0.1) is 5.92 Å². The van der Waals surface area contributed by atoms with E-state index in [0.717, 1.165) is 11.9 Å². The molecule has 0 radical (unpaired) electrons. The highest BCUT2D eigenvalue weighted by molar-refractivity contribution is 7.99. The Bertz CT molecular complexity index is 1120. The highest BCUT2D eigenvalue weighted by atomic mass is 32.2. The second-order valence-electron chi connectivity index (χ2n) is 7.56. The van der Waals surface area contributed by atoms with E-state index in [0.29, 0.717) is 28.8 Å². The van der Waals surface area contributed by atoms with Gasteiger partial charge in [-0.1, -0.05) is 49.7 Å². The summed E-state index contributed by atoms with van der Waals surface area (Å²) in [7, 11) is 0. The van der Waals surface area contributed by atoms with Gasteiger partial charge < -0.3 is 5.32 Å². The van der Waals surface area contributed by atoms with Gasteiger partial charge in [-0.15, -0.1) is 16.8 Å². The number of hydrogen-bond acceptors (Lipinski definition) is 5. The highest BCUT2D eigenvalue weighted by Crippen LogP contribution is 2.25. The smallest absolute Gasteiger partial charge is 0.263 e. The van der Waals surface area contributed by atoms with Crippen molar-refractivity contribution in [2.45, 2.75) is 50.4 Å². The van der Waals surface area contributed by atoms with E-state index >= 15 is 0 Å². The summed E-state index contributed by atoms with van der Waals surface area (Å²) in [5.74, 6) is 1.24. The van der Waals surface area contributed by atoms with Crippen molar-refractivity contribution >= 4 is 34.3 Å². The van der Waals surface area contributed by atoms with Crippen LogP contribution < -0.4 is 10.9 Å². The molecule has 152 valence electrons. The molecule has 8 heteroatoms. The van der Waals surface area contributed by atoms with Gasteiger partial charge in [-0.2, -0.15) is 0 Å². The number of nitrogens with one attached hydrogen (secondary N) is 1. The van der Waals surface area contributed by atoms with Crippen LogP contribution in [0.5, 0.6) is 0 Å². The molecule has 4 rings (SSSR count). The maximum absolute atomic E-state index is 12.8. The van der Waals surface area contributed by atoms with Gasteiger partial charge >= 0.3 is 0 Å². The first-order valence-corrected chi connectivity index (χ1v) is 11.0. The molecule has 2 atom stereocenters. The minimum Gasteiger partial charge on any atom is -0.352 e. The molecule has 1 saturated carbocycles. The first-order valence-electron chi connectivity index (χ1n) is 10.00. The van der Waals surface area contributed by atoms with Gasteiger partial charge in [0.15, 0.2) is 5.16 Å². The Hall–Kier alpha value is -2.61. The Labute approximate surface area is 173 Å². The molecule has 2 heterocycles. The summed E-state index contributed by atoms with van der Waals surface area (Å²) in [6.07, 6.45) is 6.29. The van der Waals surface area contributed by atoms with Crippen molar-refractivity contribution in [2.75, 3.05) is 5.75 Å². The Balaban J connectivity index is 1.62. The SMILES string of the molecule is C=CCn1c(=O)c2ccccc2n2c(SCC(=O)N[C@@H]3CCCC[C@H]3C)nnc12. The number of para-hydroxylation sites is 1. The molecule has 0 bridgehead atoms. The quantitative estimate of drug-likeness (QED) is 0.498. The zero-order valence-electron chi connectivity index (χ0n) is 16.5. The Morgan fingerprint density at radius 3 is 2.90 bits per heavy atom. The van der Waals surface area contributed by atoms with Gasteiger partial charge in [-0.05, 0) is 30.9 Å². The van der Waals surface area contributed by atoms with Crippen molar-refractivity contribution in [2.24, 2.45) is 5.92 Å². The lowest BCUT2D eigenvalue weighted by Gasteiger charge is -2.29. The first kappa shape index (κ1) is 19.7. The summed E-state index contributed by atoms with van der Waals surface area (Å²) >= 11 is 1.34. The molecule has 2 aromatic heterocycles. The normalized spacial score (nSPS) is 19.5. The van der Waals surface area contributed by atoms with Crippen LogP contribution in [0.2, 0.25) is 0 Å². The van der Waals surface area contributed by atoms with Crippen molar-refractivity contribution in [3.63, 3.8) is 0 Å². The van der Waals surface area contributed by atoms with Crippen LogP contribution in [0.25, 0.3) is 16.7 Å². The van der Waals surface area contributed by atoms with E-state index < -0.39 is 0 Å². The standard InChI is InChI=1S/C21H25N5O2S/c1-3-12-25-19(28)15-9-5-7-11-17(15)26-20(25)23-24-21(26)29-13-18(27)22-16-10-6-4-8-14(16)2/h3,5,7,9,11,14,16H,1,4,6,8,10,12-13H2,2H3,(H,22,27)/t14-,16-/m1/s1. The van der Waals surface area contributed by atoms with Crippen LogP contribution in [0.15, 0.2) is 46.9 Å². The third-order valence-electron chi connectivity index (χ3n) is 5.58. The molecule has 0 saturated heterocycles. The summed E-state index contributed by atoms with van der Waals surface area (Å²) in [6, 6.07) is 7.64. The second kappa shape index (κ2) is 8.41. The molecule has 7 nitrogen and oxygen atoms in total. The van der Waals surface area contributed by atoms with Gasteiger partial charge in [0.05, 0.1) is 16.7 Å². The van der Waals surface area contributed by atoms with Crippen LogP contribution >= 0.6 is 11.8 Å². The van der Waals surface area contributed by atoms with Crippen molar-refractivity contribution in [1.82, 2.24) is 24.5 Å². The molecular weight excluding hydrogens is 386 g/mol.